The summed E-state index contributed by atoms with van der Waals surface area (Å²) < 4.78 is 0. The SMILES string of the molecule is O=C1CCCCCN1c1ccc[nH]1. The van der Waals surface area contributed by atoms with Gasteiger partial charge in [0.05, 0.1) is 0 Å². The molecule has 0 aromatic carbocycles. The lowest BCUT2D eigenvalue weighted by atomic mass is 10.2. The third-order valence-corrected chi connectivity index (χ3v) is 2.45. The monoisotopic (exact) mass is 178 g/mol. The second kappa shape index (κ2) is 3.64. The van der Waals surface area contributed by atoms with Gasteiger partial charge in [-0.15, -0.1) is 0 Å². The highest BCUT2D eigenvalue weighted by Crippen LogP contribution is 2.17. The molecule has 2 heterocycles. The molecule has 1 aliphatic heterocycles. The molecule has 3 heteroatoms. The van der Waals surface area contributed by atoms with E-state index in [0.29, 0.717) is 6.42 Å². The summed E-state index contributed by atoms with van der Waals surface area (Å²) in [4.78, 5) is 16.5. The van der Waals surface area contributed by atoms with Crippen molar-refractivity contribution in [3.05, 3.63) is 18.3 Å². The highest BCUT2D eigenvalue weighted by atomic mass is 16.2. The van der Waals surface area contributed by atoms with E-state index in [2.05, 4.69) is 4.98 Å². The molecule has 1 amide bonds. The fourth-order valence-electron chi connectivity index (χ4n) is 1.73. The van der Waals surface area contributed by atoms with E-state index in [1.807, 2.05) is 23.2 Å². The molecule has 1 aromatic rings. The molecule has 0 atom stereocenters. The molecule has 1 saturated heterocycles. The van der Waals surface area contributed by atoms with E-state index in [-0.39, 0.29) is 5.91 Å². The largest absolute Gasteiger partial charge is 0.348 e. The minimum Gasteiger partial charge on any atom is -0.348 e. The van der Waals surface area contributed by atoms with Crippen molar-refractivity contribution in [3.63, 3.8) is 0 Å². The van der Waals surface area contributed by atoms with Gasteiger partial charge in [0.25, 0.3) is 0 Å². The van der Waals surface area contributed by atoms with Crippen molar-refractivity contribution in [2.24, 2.45) is 0 Å². The molecule has 1 aliphatic rings. The Kier molecular flexibility index (Phi) is 2.34. The van der Waals surface area contributed by atoms with E-state index < -0.39 is 0 Å². The molecule has 0 radical (unpaired) electrons. The van der Waals surface area contributed by atoms with Crippen molar-refractivity contribution in [1.29, 1.82) is 0 Å². The van der Waals surface area contributed by atoms with Gasteiger partial charge in [-0.1, -0.05) is 6.42 Å². The highest BCUT2D eigenvalue weighted by molar-refractivity contribution is 5.92. The van der Waals surface area contributed by atoms with E-state index in [0.717, 1.165) is 25.2 Å². The number of carbonyl (C=O) groups is 1. The van der Waals surface area contributed by atoms with Crippen molar-refractivity contribution in [1.82, 2.24) is 4.98 Å². The van der Waals surface area contributed by atoms with Gasteiger partial charge in [0.15, 0.2) is 0 Å². The van der Waals surface area contributed by atoms with Crippen LogP contribution >= 0.6 is 0 Å². The molecule has 70 valence electrons. The number of hydrogen-bond acceptors (Lipinski definition) is 1. The molecule has 1 aromatic heterocycles. The predicted octanol–water partition coefficient (Wildman–Crippen LogP) is 1.92. The number of aromatic nitrogens is 1. The van der Waals surface area contributed by atoms with Crippen LogP contribution in [0.3, 0.4) is 0 Å². The first-order valence-corrected chi connectivity index (χ1v) is 4.82. The Morgan fingerprint density at radius 1 is 1.31 bits per heavy atom. The average molecular weight is 178 g/mol. The van der Waals surface area contributed by atoms with Crippen LogP contribution in [0.4, 0.5) is 5.82 Å². The number of H-pyrrole nitrogens is 1. The number of rotatable bonds is 1. The summed E-state index contributed by atoms with van der Waals surface area (Å²) in [6.45, 7) is 0.860. The highest BCUT2D eigenvalue weighted by Gasteiger charge is 2.18. The van der Waals surface area contributed by atoms with Crippen molar-refractivity contribution >= 4 is 11.7 Å². The summed E-state index contributed by atoms with van der Waals surface area (Å²) in [7, 11) is 0. The lowest BCUT2D eigenvalue weighted by Gasteiger charge is -2.18. The maximum atomic E-state index is 11.6. The first-order chi connectivity index (χ1) is 6.38. The maximum absolute atomic E-state index is 11.6. The molecule has 1 fully saturated rings. The number of aromatic amines is 1. The Labute approximate surface area is 77.7 Å². The Hall–Kier alpha value is -1.25. The lowest BCUT2D eigenvalue weighted by Crippen LogP contribution is -2.30. The standard InChI is InChI=1S/C10H14N2O/c13-10-6-2-1-3-8-12(10)9-5-4-7-11-9/h4-5,7,11H,1-3,6,8H2. The summed E-state index contributed by atoms with van der Waals surface area (Å²) >= 11 is 0. The van der Waals surface area contributed by atoms with Crippen LogP contribution in [0.1, 0.15) is 25.7 Å². The molecule has 1 N–H and O–H groups in total. The second-order valence-corrected chi connectivity index (χ2v) is 3.41. The molecule has 3 nitrogen and oxygen atoms in total. The van der Waals surface area contributed by atoms with Crippen molar-refractivity contribution < 1.29 is 4.79 Å². The van der Waals surface area contributed by atoms with Crippen molar-refractivity contribution in [2.45, 2.75) is 25.7 Å². The van der Waals surface area contributed by atoms with Gasteiger partial charge < -0.3 is 4.98 Å². The van der Waals surface area contributed by atoms with E-state index >= 15 is 0 Å². The predicted molar refractivity (Wildman–Crippen MR) is 51.6 cm³/mol. The summed E-state index contributed by atoms with van der Waals surface area (Å²) in [5.74, 6) is 1.19. The third kappa shape index (κ3) is 1.74. The molecular formula is C10H14N2O. The van der Waals surface area contributed by atoms with E-state index in [4.69, 9.17) is 0 Å². The minimum atomic E-state index is 0.250. The molecule has 0 saturated carbocycles. The van der Waals surface area contributed by atoms with Gasteiger partial charge >= 0.3 is 0 Å². The number of anilines is 1. The number of carbonyl (C=O) groups excluding carboxylic acids is 1. The minimum absolute atomic E-state index is 0.250. The number of hydrogen-bond donors (Lipinski definition) is 1. The second-order valence-electron chi connectivity index (χ2n) is 3.41. The summed E-state index contributed by atoms with van der Waals surface area (Å²) in [5.41, 5.74) is 0. The molecule has 0 spiro atoms. The Bertz CT molecular complexity index is 279. The van der Waals surface area contributed by atoms with Crippen LogP contribution in [0.2, 0.25) is 0 Å². The zero-order valence-electron chi connectivity index (χ0n) is 7.62. The summed E-state index contributed by atoms with van der Waals surface area (Å²) in [6, 6.07) is 3.87. The van der Waals surface area contributed by atoms with Crippen LogP contribution in [0.25, 0.3) is 0 Å². The van der Waals surface area contributed by atoms with Gasteiger partial charge in [0, 0.05) is 19.2 Å². The van der Waals surface area contributed by atoms with Crippen molar-refractivity contribution in [3.8, 4) is 0 Å². The first-order valence-electron chi connectivity index (χ1n) is 4.82. The van der Waals surface area contributed by atoms with Crippen LogP contribution in [-0.2, 0) is 4.79 Å². The number of nitrogens with zero attached hydrogens (tertiary/aromatic N) is 1. The molecule has 0 unspecified atom stereocenters. The number of amides is 1. The zero-order chi connectivity index (χ0) is 9.10. The smallest absolute Gasteiger partial charge is 0.228 e. The number of nitrogens with one attached hydrogen (secondary N) is 1. The van der Waals surface area contributed by atoms with Gasteiger partial charge in [-0.05, 0) is 25.0 Å². The fourth-order valence-corrected chi connectivity index (χ4v) is 1.73. The first kappa shape index (κ1) is 8.35. The van der Waals surface area contributed by atoms with Gasteiger partial charge in [-0.3, -0.25) is 9.69 Å². The maximum Gasteiger partial charge on any atom is 0.228 e. The Morgan fingerprint density at radius 2 is 2.23 bits per heavy atom. The van der Waals surface area contributed by atoms with Crippen LogP contribution in [-0.4, -0.2) is 17.4 Å². The Balaban J connectivity index is 2.16. The quantitative estimate of drug-likeness (QED) is 0.700. The molecule has 0 bridgehead atoms. The molecule has 2 rings (SSSR count). The van der Waals surface area contributed by atoms with Gasteiger partial charge in [-0.25, -0.2) is 0 Å². The molecule has 13 heavy (non-hydrogen) atoms. The summed E-state index contributed by atoms with van der Waals surface area (Å²) in [5, 5.41) is 0. The van der Waals surface area contributed by atoms with Gasteiger partial charge in [0.1, 0.15) is 5.82 Å². The van der Waals surface area contributed by atoms with E-state index in [1.54, 1.807) is 0 Å². The van der Waals surface area contributed by atoms with E-state index in [9.17, 15) is 4.79 Å². The van der Waals surface area contributed by atoms with Crippen LogP contribution < -0.4 is 4.90 Å². The summed E-state index contributed by atoms with van der Waals surface area (Å²) in [6.07, 6.45) is 5.87. The van der Waals surface area contributed by atoms with Gasteiger partial charge in [-0.2, -0.15) is 0 Å². The van der Waals surface area contributed by atoms with Crippen LogP contribution in [0, 0.1) is 0 Å². The normalized spacial score (nSPS) is 18.8. The van der Waals surface area contributed by atoms with Crippen LogP contribution in [0.5, 0.6) is 0 Å². The molecular weight excluding hydrogens is 164 g/mol. The van der Waals surface area contributed by atoms with Gasteiger partial charge in [0.2, 0.25) is 5.91 Å². The third-order valence-electron chi connectivity index (χ3n) is 2.45. The topological polar surface area (TPSA) is 36.1 Å². The Morgan fingerprint density at radius 3 is 3.00 bits per heavy atom. The average Bonchev–Trinajstić information content (AvgIpc) is 2.56. The fraction of sp³-hybridized carbons (Fsp3) is 0.500. The van der Waals surface area contributed by atoms with Crippen LogP contribution in [0.15, 0.2) is 18.3 Å². The van der Waals surface area contributed by atoms with Crippen molar-refractivity contribution in [2.75, 3.05) is 11.4 Å². The van der Waals surface area contributed by atoms with E-state index in [1.165, 1.54) is 6.42 Å². The zero-order valence-corrected chi connectivity index (χ0v) is 7.62. The lowest BCUT2D eigenvalue weighted by molar-refractivity contribution is -0.118. The molecule has 0 aliphatic carbocycles.